The van der Waals surface area contributed by atoms with E-state index in [9.17, 15) is 9.59 Å². The monoisotopic (exact) mass is 388 g/mol. The number of rotatable bonds is 3. The van der Waals surface area contributed by atoms with Crippen LogP contribution in [0.5, 0.6) is 0 Å². The van der Waals surface area contributed by atoms with Crippen molar-refractivity contribution in [3.63, 3.8) is 0 Å². The lowest BCUT2D eigenvalue weighted by Crippen LogP contribution is -2.51. The topological polar surface area (TPSA) is 52.6 Å². The van der Waals surface area contributed by atoms with Gasteiger partial charge in [-0.3, -0.25) is 9.59 Å². The first-order chi connectivity index (χ1) is 13.3. The highest BCUT2D eigenvalue weighted by molar-refractivity contribution is 5.66. The summed E-state index contributed by atoms with van der Waals surface area (Å²) in [6.45, 7) is 7.65. The molecular weight excluding hydrogens is 352 g/mol. The summed E-state index contributed by atoms with van der Waals surface area (Å²) in [6, 6.07) is 0. The Bertz CT molecular complexity index is 668. The molecule has 4 aliphatic rings. The number of carbonyl (C=O) groups is 2. The molecule has 4 nitrogen and oxygen atoms in total. The molecule has 8 atom stereocenters. The van der Waals surface area contributed by atoms with Crippen LogP contribution >= 0.6 is 0 Å². The Morgan fingerprint density at radius 3 is 2.54 bits per heavy atom. The van der Waals surface area contributed by atoms with Gasteiger partial charge in [0.2, 0.25) is 0 Å². The van der Waals surface area contributed by atoms with Gasteiger partial charge in [0.25, 0.3) is 0 Å². The van der Waals surface area contributed by atoms with Crippen molar-refractivity contribution >= 4 is 11.9 Å². The van der Waals surface area contributed by atoms with Gasteiger partial charge in [0.05, 0.1) is 0 Å². The number of fused-ring (bicyclic) bond motifs is 5. The fourth-order valence-corrected chi connectivity index (χ4v) is 7.50. The maximum Gasteiger partial charge on any atom is 0.302 e. The van der Waals surface area contributed by atoms with Crippen molar-refractivity contribution in [3.05, 3.63) is 11.6 Å². The highest BCUT2D eigenvalue weighted by atomic mass is 16.5. The average Bonchev–Trinajstić information content (AvgIpc) is 3.05. The van der Waals surface area contributed by atoms with Crippen molar-refractivity contribution in [1.29, 1.82) is 0 Å². The van der Waals surface area contributed by atoms with E-state index in [-0.39, 0.29) is 24.1 Å². The van der Waals surface area contributed by atoms with Crippen molar-refractivity contribution in [2.75, 3.05) is 0 Å². The number of hydrogen-bond donors (Lipinski definition) is 0. The van der Waals surface area contributed by atoms with E-state index in [1.54, 1.807) is 5.57 Å². The predicted molar refractivity (Wildman–Crippen MR) is 107 cm³/mol. The van der Waals surface area contributed by atoms with Crippen molar-refractivity contribution < 1.29 is 19.1 Å². The molecule has 0 N–H and O–H groups in total. The van der Waals surface area contributed by atoms with Crippen LogP contribution in [0.25, 0.3) is 0 Å². The molecule has 156 valence electrons. The zero-order valence-corrected chi connectivity index (χ0v) is 17.9. The van der Waals surface area contributed by atoms with Gasteiger partial charge < -0.3 is 9.47 Å². The average molecular weight is 389 g/mol. The van der Waals surface area contributed by atoms with E-state index < -0.39 is 0 Å². The first-order valence-electron chi connectivity index (χ1n) is 11.3. The van der Waals surface area contributed by atoms with Crippen LogP contribution in [-0.4, -0.2) is 24.1 Å². The van der Waals surface area contributed by atoms with Crippen LogP contribution in [0, 0.1) is 35.0 Å². The zero-order chi connectivity index (χ0) is 20.1. The van der Waals surface area contributed by atoms with Crippen molar-refractivity contribution in [2.24, 2.45) is 35.0 Å². The molecule has 28 heavy (non-hydrogen) atoms. The van der Waals surface area contributed by atoms with Gasteiger partial charge in [0.15, 0.2) is 0 Å². The quantitative estimate of drug-likeness (QED) is 0.501. The number of hydrogen-bond acceptors (Lipinski definition) is 4. The minimum Gasteiger partial charge on any atom is -0.463 e. The highest BCUT2D eigenvalue weighted by Crippen LogP contribution is 2.63. The van der Waals surface area contributed by atoms with Crippen LogP contribution in [0.2, 0.25) is 0 Å². The molecule has 0 radical (unpaired) electrons. The van der Waals surface area contributed by atoms with Crippen LogP contribution in [0.1, 0.15) is 79.1 Å². The van der Waals surface area contributed by atoms with Crippen LogP contribution in [0.15, 0.2) is 11.6 Å². The fraction of sp³-hybridized carbons (Fsp3) is 0.833. The molecule has 0 bridgehead atoms. The Hall–Kier alpha value is -1.32. The highest BCUT2D eigenvalue weighted by Gasteiger charge is 2.55. The number of carbonyl (C=O) groups excluding carboxylic acids is 2. The molecule has 3 unspecified atom stereocenters. The molecule has 0 heterocycles. The summed E-state index contributed by atoms with van der Waals surface area (Å²) in [6.07, 6.45) is 12.0. The molecule has 0 aromatic carbocycles. The zero-order valence-electron chi connectivity index (χ0n) is 17.9. The van der Waals surface area contributed by atoms with Crippen molar-refractivity contribution in [3.8, 4) is 0 Å². The molecule has 0 saturated heterocycles. The summed E-state index contributed by atoms with van der Waals surface area (Å²) >= 11 is 0. The van der Waals surface area contributed by atoms with E-state index in [1.807, 2.05) is 0 Å². The Balaban J connectivity index is 1.47. The van der Waals surface area contributed by atoms with Crippen molar-refractivity contribution in [2.45, 2.75) is 91.3 Å². The predicted octanol–water partition coefficient (Wildman–Crippen LogP) is 5.06. The molecule has 0 aromatic rings. The van der Waals surface area contributed by atoms with Crippen LogP contribution < -0.4 is 0 Å². The Morgan fingerprint density at radius 1 is 1.07 bits per heavy atom. The van der Waals surface area contributed by atoms with E-state index in [0.29, 0.717) is 29.1 Å². The second-order valence-corrected chi connectivity index (χ2v) is 10.1. The molecule has 4 aliphatic carbocycles. The summed E-state index contributed by atoms with van der Waals surface area (Å²) in [5.41, 5.74) is 2.06. The van der Waals surface area contributed by atoms with E-state index in [1.165, 1.54) is 46.0 Å². The maximum absolute atomic E-state index is 11.4. The third-order valence-electron chi connectivity index (χ3n) is 8.72. The molecule has 3 fully saturated rings. The maximum atomic E-state index is 11.4. The standard InChI is InChI=1S/C24H36O4/c1-14(27-15(2)25)19-7-8-21-20(19)9-10-23-22(21)6-5-17-13-18(28-16(3)26)11-12-24(17,23)4/h8,14,17-20,22-23H,5-7,9-13H2,1-4H3/t14?,17-,18-,19+,20+,22?,23?,24-/m0/s1. The number of ether oxygens (including phenoxy) is 2. The Labute approximate surface area is 169 Å². The normalized spacial score (nSPS) is 43.1. The molecule has 4 heteroatoms. The molecule has 0 aliphatic heterocycles. The summed E-state index contributed by atoms with van der Waals surface area (Å²) in [4.78, 5) is 22.8. The number of allylic oxidation sites excluding steroid dienone is 2. The minimum atomic E-state index is -0.160. The van der Waals surface area contributed by atoms with Gasteiger partial charge in [0.1, 0.15) is 12.2 Å². The Morgan fingerprint density at radius 2 is 1.82 bits per heavy atom. The van der Waals surface area contributed by atoms with E-state index in [2.05, 4.69) is 19.9 Å². The molecule has 4 rings (SSSR count). The summed E-state index contributed by atoms with van der Waals surface area (Å²) in [5.74, 6) is 2.92. The first-order valence-corrected chi connectivity index (χ1v) is 11.3. The fourth-order valence-electron chi connectivity index (χ4n) is 7.50. The SMILES string of the molecule is CC(=O)OC(C)[C@H]1CC=C2C3CC[C@H]4C[C@@H](OC(C)=O)CC[C@]4(C)C3CC[C@@H]21. The van der Waals surface area contributed by atoms with Gasteiger partial charge in [-0.25, -0.2) is 0 Å². The number of esters is 2. The second-order valence-electron chi connectivity index (χ2n) is 10.1. The minimum absolute atomic E-state index is 0.0129. The van der Waals surface area contributed by atoms with Gasteiger partial charge in [-0.1, -0.05) is 18.6 Å². The Kier molecular flexibility index (Phi) is 5.35. The first kappa shape index (κ1) is 20.0. The molecular formula is C24H36O4. The second kappa shape index (κ2) is 7.50. The van der Waals surface area contributed by atoms with Crippen molar-refractivity contribution in [1.82, 2.24) is 0 Å². The van der Waals surface area contributed by atoms with E-state index >= 15 is 0 Å². The van der Waals surface area contributed by atoms with E-state index in [4.69, 9.17) is 9.47 Å². The summed E-state index contributed by atoms with van der Waals surface area (Å²) < 4.78 is 11.1. The van der Waals surface area contributed by atoms with Gasteiger partial charge >= 0.3 is 11.9 Å². The summed E-state index contributed by atoms with van der Waals surface area (Å²) in [7, 11) is 0. The van der Waals surface area contributed by atoms with E-state index in [0.717, 1.165) is 25.2 Å². The lowest BCUT2D eigenvalue weighted by molar-refractivity contribution is -0.155. The lowest BCUT2D eigenvalue weighted by Gasteiger charge is -2.58. The summed E-state index contributed by atoms with van der Waals surface area (Å²) in [5, 5.41) is 0. The molecule has 0 aromatic heterocycles. The van der Waals surface area contributed by atoms with Gasteiger partial charge in [-0.2, -0.15) is 0 Å². The molecule has 0 spiro atoms. The van der Waals surface area contributed by atoms with Crippen LogP contribution in [-0.2, 0) is 19.1 Å². The van der Waals surface area contributed by atoms with Crippen LogP contribution in [0.3, 0.4) is 0 Å². The largest absolute Gasteiger partial charge is 0.463 e. The third kappa shape index (κ3) is 3.41. The van der Waals surface area contributed by atoms with Crippen LogP contribution in [0.4, 0.5) is 0 Å². The smallest absolute Gasteiger partial charge is 0.302 e. The lowest BCUT2D eigenvalue weighted by atomic mass is 9.48. The molecule has 0 amide bonds. The van der Waals surface area contributed by atoms with Gasteiger partial charge in [-0.05, 0) is 87.4 Å². The third-order valence-corrected chi connectivity index (χ3v) is 8.72. The molecule has 3 saturated carbocycles. The van der Waals surface area contributed by atoms with Gasteiger partial charge in [-0.15, -0.1) is 0 Å². The van der Waals surface area contributed by atoms with Gasteiger partial charge in [0, 0.05) is 19.8 Å².